The molecule has 23 heavy (non-hydrogen) atoms. The van der Waals surface area contributed by atoms with E-state index in [2.05, 4.69) is 14.7 Å². The van der Waals surface area contributed by atoms with Gasteiger partial charge in [0.25, 0.3) is 10.0 Å². The number of hydrogen-bond donors (Lipinski definition) is 1. The molecule has 1 aromatic carbocycles. The predicted octanol–water partition coefficient (Wildman–Crippen LogP) is 1.53. The molecule has 1 amide bonds. The van der Waals surface area contributed by atoms with Crippen molar-refractivity contribution in [3.05, 3.63) is 42.2 Å². The van der Waals surface area contributed by atoms with Crippen molar-refractivity contribution < 1.29 is 13.2 Å². The highest BCUT2D eigenvalue weighted by atomic mass is 32.2. The average molecular weight is 332 g/mol. The summed E-state index contributed by atoms with van der Waals surface area (Å²) in [7, 11) is -2.14. The van der Waals surface area contributed by atoms with Gasteiger partial charge in [-0.25, -0.2) is 23.1 Å². The molecule has 0 spiro atoms. The minimum absolute atomic E-state index is 0.000420. The largest absolute Gasteiger partial charge is 0.314 e. The lowest BCUT2D eigenvalue weighted by Crippen LogP contribution is -2.33. The molecule has 1 aromatic heterocycles. The van der Waals surface area contributed by atoms with Crippen LogP contribution in [-0.4, -0.2) is 31.3 Å². The number of nitrogens with zero attached hydrogens (tertiary/aromatic N) is 3. The van der Waals surface area contributed by atoms with Crippen LogP contribution in [0.5, 0.6) is 0 Å². The fraction of sp³-hybridized carbons (Fsp3) is 0.267. The third-order valence-corrected chi connectivity index (χ3v) is 5.27. The molecular weight excluding hydrogens is 316 g/mol. The smallest absolute Gasteiger partial charge is 0.264 e. The number of likely N-dealkylation sites (N-methyl/N-ethyl adjacent to an activating group) is 1. The summed E-state index contributed by atoms with van der Waals surface area (Å²) < 4.78 is 27.3. The molecule has 8 heteroatoms. The van der Waals surface area contributed by atoms with Crippen molar-refractivity contribution >= 4 is 27.6 Å². The first-order chi connectivity index (χ1) is 10.7. The van der Waals surface area contributed by atoms with Gasteiger partial charge in [0, 0.05) is 25.1 Å². The third kappa shape index (κ3) is 2.44. The van der Waals surface area contributed by atoms with Gasteiger partial charge >= 0.3 is 0 Å². The number of carbonyl (C=O) groups is 1. The second-order valence-electron chi connectivity index (χ2n) is 5.85. The molecule has 0 fully saturated rings. The van der Waals surface area contributed by atoms with Crippen LogP contribution in [0.25, 0.3) is 0 Å². The molecule has 0 saturated carbocycles. The molecule has 1 aliphatic heterocycles. The Labute approximate surface area is 134 Å². The Morgan fingerprint density at radius 3 is 2.48 bits per heavy atom. The van der Waals surface area contributed by atoms with E-state index >= 15 is 0 Å². The SMILES string of the molecule is CN1C(=O)C(C)(C)c2cc(S(=O)(=O)Nc3ncccn3)ccc21. The van der Waals surface area contributed by atoms with Crippen molar-refractivity contribution in [2.24, 2.45) is 0 Å². The van der Waals surface area contributed by atoms with Gasteiger partial charge in [-0.15, -0.1) is 0 Å². The number of aromatic nitrogens is 2. The van der Waals surface area contributed by atoms with E-state index in [0.29, 0.717) is 5.56 Å². The molecule has 0 aliphatic carbocycles. The zero-order valence-electron chi connectivity index (χ0n) is 12.9. The van der Waals surface area contributed by atoms with Crippen LogP contribution >= 0.6 is 0 Å². The summed E-state index contributed by atoms with van der Waals surface area (Å²) in [5, 5.41) is 0. The number of benzene rings is 1. The molecule has 120 valence electrons. The maximum Gasteiger partial charge on any atom is 0.264 e. The van der Waals surface area contributed by atoms with Crippen LogP contribution in [0.1, 0.15) is 19.4 Å². The van der Waals surface area contributed by atoms with Crippen molar-refractivity contribution in [3.8, 4) is 0 Å². The Morgan fingerprint density at radius 2 is 1.83 bits per heavy atom. The minimum atomic E-state index is -3.82. The summed E-state index contributed by atoms with van der Waals surface area (Å²) >= 11 is 0. The van der Waals surface area contributed by atoms with Gasteiger partial charge in [0.2, 0.25) is 11.9 Å². The van der Waals surface area contributed by atoms with E-state index in [-0.39, 0.29) is 16.8 Å². The summed E-state index contributed by atoms with van der Waals surface area (Å²) in [6.07, 6.45) is 2.90. The van der Waals surface area contributed by atoms with Gasteiger partial charge < -0.3 is 4.90 Å². The van der Waals surface area contributed by atoms with Gasteiger partial charge in [-0.3, -0.25) is 4.79 Å². The van der Waals surface area contributed by atoms with Crippen molar-refractivity contribution in [1.82, 2.24) is 9.97 Å². The van der Waals surface area contributed by atoms with Crippen LogP contribution in [0.4, 0.5) is 11.6 Å². The highest BCUT2D eigenvalue weighted by Gasteiger charge is 2.42. The molecule has 1 N–H and O–H groups in total. The standard InChI is InChI=1S/C15H16N4O3S/c1-15(2)11-9-10(5-6-12(11)19(3)13(15)20)23(21,22)18-14-16-7-4-8-17-14/h4-9H,1-3H3,(H,16,17,18). The molecule has 2 heterocycles. The predicted molar refractivity (Wildman–Crippen MR) is 85.7 cm³/mol. The lowest BCUT2D eigenvalue weighted by atomic mass is 9.86. The maximum absolute atomic E-state index is 12.5. The molecule has 0 atom stereocenters. The average Bonchev–Trinajstić information content (AvgIpc) is 2.69. The van der Waals surface area contributed by atoms with Gasteiger partial charge in [-0.2, -0.15) is 0 Å². The maximum atomic E-state index is 12.5. The number of rotatable bonds is 3. The zero-order chi connectivity index (χ0) is 16.8. The molecule has 0 unspecified atom stereocenters. The molecule has 3 rings (SSSR count). The molecule has 1 aliphatic rings. The number of nitrogens with one attached hydrogen (secondary N) is 1. The molecule has 7 nitrogen and oxygen atoms in total. The van der Waals surface area contributed by atoms with Crippen LogP contribution in [0.2, 0.25) is 0 Å². The Morgan fingerprint density at radius 1 is 1.17 bits per heavy atom. The first-order valence-corrected chi connectivity index (χ1v) is 8.44. The number of amides is 1. The zero-order valence-corrected chi connectivity index (χ0v) is 13.8. The number of anilines is 2. The Kier molecular flexibility index (Phi) is 3.36. The number of hydrogen-bond acceptors (Lipinski definition) is 5. The number of sulfonamides is 1. The topological polar surface area (TPSA) is 92.3 Å². The summed E-state index contributed by atoms with van der Waals surface area (Å²) in [6, 6.07) is 6.23. The second kappa shape index (κ2) is 5.02. The highest BCUT2D eigenvalue weighted by molar-refractivity contribution is 7.92. The summed E-state index contributed by atoms with van der Waals surface area (Å²) in [5.41, 5.74) is 0.635. The van der Waals surface area contributed by atoms with Gasteiger partial charge in [-0.1, -0.05) is 0 Å². The Balaban J connectivity index is 2.03. The minimum Gasteiger partial charge on any atom is -0.314 e. The van der Waals surface area contributed by atoms with Crippen LogP contribution in [0.3, 0.4) is 0 Å². The molecular formula is C15H16N4O3S. The van der Waals surface area contributed by atoms with Crippen LogP contribution in [-0.2, 0) is 20.2 Å². The Hall–Kier alpha value is -2.48. The number of carbonyl (C=O) groups excluding carboxylic acids is 1. The van der Waals surface area contributed by atoms with Crippen LogP contribution in [0, 0.1) is 0 Å². The fourth-order valence-corrected chi connectivity index (χ4v) is 3.63. The molecule has 0 saturated heterocycles. The second-order valence-corrected chi connectivity index (χ2v) is 7.53. The van der Waals surface area contributed by atoms with E-state index in [0.717, 1.165) is 5.69 Å². The number of fused-ring (bicyclic) bond motifs is 1. The first kappa shape index (κ1) is 15.4. The van der Waals surface area contributed by atoms with Crippen LogP contribution < -0.4 is 9.62 Å². The first-order valence-electron chi connectivity index (χ1n) is 6.96. The molecule has 2 aromatic rings. The van der Waals surface area contributed by atoms with Crippen LogP contribution in [0.15, 0.2) is 41.6 Å². The van der Waals surface area contributed by atoms with Crippen molar-refractivity contribution in [1.29, 1.82) is 0 Å². The van der Waals surface area contributed by atoms with E-state index < -0.39 is 15.4 Å². The van der Waals surface area contributed by atoms with E-state index in [1.165, 1.54) is 24.5 Å². The summed E-state index contributed by atoms with van der Waals surface area (Å²) in [6.45, 7) is 3.56. The lowest BCUT2D eigenvalue weighted by molar-refractivity contribution is -0.121. The van der Waals surface area contributed by atoms with Gasteiger partial charge in [0.05, 0.1) is 10.3 Å². The monoisotopic (exact) mass is 332 g/mol. The molecule has 0 bridgehead atoms. The van der Waals surface area contributed by atoms with E-state index in [1.54, 1.807) is 37.9 Å². The van der Waals surface area contributed by atoms with Gasteiger partial charge in [0.15, 0.2) is 0 Å². The van der Waals surface area contributed by atoms with E-state index in [9.17, 15) is 13.2 Å². The van der Waals surface area contributed by atoms with Gasteiger partial charge in [-0.05, 0) is 43.7 Å². The van der Waals surface area contributed by atoms with Crippen molar-refractivity contribution in [3.63, 3.8) is 0 Å². The summed E-state index contributed by atoms with van der Waals surface area (Å²) in [5.74, 6) is -0.0677. The molecule has 0 radical (unpaired) electrons. The van der Waals surface area contributed by atoms with Gasteiger partial charge in [0.1, 0.15) is 0 Å². The highest BCUT2D eigenvalue weighted by Crippen LogP contribution is 2.41. The Bertz CT molecular complexity index is 879. The third-order valence-electron chi connectivity index (χ3n) is 3.94. The quantitative estimate of drug-likeness (QED) is 0.920. The summed E-state index contributed by atoms with van der Waals surface area (Å²) in [4.78, 5) is 21.6. The lowest BCUT2D eigenvalue weighted by Gasteiger charge is -2.16. The normalized spacial score (nSPS) is 16.3. The van der Waals surface area contributed by atoms with E-state index in [4.69, 9.17) is 0 Å². The van der Waals surface area contributed by atoms with E-state index in [1.807, 2.05) is 0 Å². The van der Waals surface area contributed by atoms with Crippen molar-refractivity contribution in [2.45, 2.75) is 24.2 Å². The fourth-order valence-electron chi connectivity index (χ4n) is 2.65. The van der Waals surface area contributed by atoms with Crippen molar-refractivity contribution in [2.75, 3.05) is 16.7 Å².